The molecule has 12 rings (SSSR count). The summed E-state index contributed by atoms with van der Waals surface area (Å²) in [5, 5.41) is 23.6. The average molecular weight is 1170 g/mol. The number of nitrogens with zero attached hydrogens (tertiary/aromatic N) is 9. The van der Waals surface area contributed by atoms with E-state index in [2.05, 4.69) is 71.6 Å². The number of phenols is 1. The Morgan fingerprint density at radius 3 is 2.38 bits per heavy atom. The molecule has 0 radical (unpaired) electrons. The van der Waals surface area contributed by atoms with Crippen LogP contribution in [0.4, 0.5) is 15.0 Å². The summed E-state index contributed by atoms with van der Waals surface area (Å²) in [6, 6.07) is 19.5. The molecule has 0 saturated carbocycles. The fourth-order valence-electron chi connectivity index (χ4n) is 12.8. The molecule has 3 N–H and O–H groups in total. The second-order valence-electron chi connectivity index (χ2n) is 23.4. The van der Waals surface area contributed by atoms with Crippen molar-refractivity contribution in [3.05, 3.63) is 101 Å². The highest BCUT2D eigenvalue weighted by atomic mass is 32.1. The molecule has 5 fully saturated rings. The number of carbonyl (C=O) groups is 3. The fourth-order valence-corrected chi connectivity index (χ4v) is 13.7. The number of thiazole rings is 1. The van der Waals surface area contributed by atoms with Crippen LogP contribution in [0.5, 0.6) is 17.6 Å². The predicted octanol–water partition coefficient (Wildman–Crippen LogP) is 9.99. The van der Waals surface area contributed by atoms with Crippen LogP contribution in [0.15, 0.2) is 76.9 Å². The molecular formula is C63H76FN11O8S. The first kappa shape index (κ1) is 58.3. The number of methoxy groups -OCH3 is 1. The molecule has 3 aromatic carbocycles. The van der Waals surface area contributed by atoms with Gasteiger partial charge in [0.05, 0.1) is 34.6 Å². The van der Waals surface area contributed by atoms with Crippen molar-refractivity contribution >= 4 is 56.7 Å². The van der Waals surface area contributed by atoms with Gasteiger partial charge >= 0.3 is 12.1 Å². The first-order valence-corrected chi connectivity index (χ1v) is 30.5. The number of amides is 3. The van der Waals surface area contributed by atoms with Crippen LogP contribution in [0.1, 0.15) is 114 Å². The minimum Gasteiger partial charge on any atom is -0.508 e. The number of ether oxygens (including phenoxy) is 3. The number of piperidine rings is 1. The Balaban J connectivity index is 0.000000188. The van der Waals surface area contributed by atoms with Crippen molar-refractivity contribution < 1.29 is 42.6 Å². The first-order chi connectivity index (χ1) is 40.6. The summed E-state index contributed by atoms with van der Waals surface area (Å²) in [5.74, 6) is -0.0884. The van der Waals surface area contributed by atoms with Crippen LogP contribution in [-0.2, 0) is 20.7 Å². The van der Waals surface area contributed by atoms with Crippen LogP contribution in [0.3, 0.4) is 0 Å². The van der Waals surface area contributed by atoms with Crippen molar-refractivity contribution in [2.75, 3.05) is 64.9 Å². The number of phenolic OH excluding ortho intramolecular Hbond substituents is 1. The minimum atomic E-state index is -0.607. The molecule has 84 heavy (non-hydrogen) atoms. The maximum Gasteiger partial charge on any atom is 0.409 e. The summed E-state index contributed by atoms with van der Waals surface area (Å²) < 4.78 is 39.0. The number of piperazine rings is 1. The second-order valence-corrected chi connectivity index (χ2v) is 24.2. The minimum absolute atomic E-state index is 0.0642. The Morgan fingerprint density at radius 1 is 0.929 bits per heavy atom. The van der Waals surface area contributed by atoms with Gasteiger partial charge in [0.25, 0.3) is 5.88 Å². The molecule has 6 unspecified atom stereocenters. The van der Waals surface area contributed by atoms with Gasteiger partial charge in [0.1, 0.15) is 47.4 Å². The first-order valence-electron chi connectivity index (χ1n) is 29.7. The van der Waals surface area contributed by atoms with Gasteiger partial charge in [0.15, 0.2) is 11.6 Å². The lowest BCUT2D eigenvalue weighted by Crippen LogP contribution is -2.51. The number of aryl methyl sites for hydroxylation is 2. The molecule has 5 aliphatic rings. The highest BCUT2D eigenvalue weighted by Crippen LogP contribution is 2.40. The van der Waals surface area contributed by atoms with E-state index in [9.17, 15) is 19.5 Å². The van der Waals surface area contributed by atoms with E-state index in [0.29, 0.717) is 92.0 Å². The van der Waals surface area contributed by atoms with Gasteiger partial charge in [-0.25, -0.2) is 14.2 Å². The third-order valence-corrected chi connectivity index (χ3v) is 18.4. The zero-order valence-electron chi connectivity index (χ0n) is 49.0. The quantitative estimate of drug-likeness (QED) is 0.0871. The van der Waals surface area contributed by atoms with Crippen molar-refractivity contribution in [2.24, 2.45) is 5.92 Å². The summed E-state index contributed by atoms with van der Waals surface area (Å²) in [6.45, 7) is 14.6. The van der Waals surface area contributed by atoms with E-state index in [1.807, 2.05) is 63.5 Å². The summed E-state index contributed by atoms with van der Waals surface area (Å²) in [4.78, 5) is 67.1. The Morgan fingerprint density at radius 2 is 1.69 bits per heavy atom. The van der Waals surface area contributed by atoms with Crippen molar-refractivity contribution in [2.45, 2.75) is 135 Å². The molecular weight excluding hydrogens is 1090 g/mol. The molecule has 21 heteroatoms. The fraction of sp³-hybridized carbons (Fsp3) is 0.492. The maximum absolute atomic E-state index is 16.2. The molecule has 444 valence electrons. The van der Waals surface area contributed by atoms with Gasteiger partial charge < -0.3 is 54.1 Å². The largest absolute Gasteiger partial charge is 0.508 e. The van der Waals surface area contributed by atoms with Gasteiger partial charge in [-0.15, -0.1) is 11.3 Å². The van der Waals surface area contributed by atoms with Gasteiger partial charge in [-0.05, 0) is 123 Å². The molecule has 9 heterocycles. The molecule has 3 amide bonds. The van der Waals surface area contributed by atoms with Gasteiger partial charge in [0.2, 0.25) is 11.8 Å². The number of carbonyl (C=O) groups excluding carboxylic acids is 3. The Labute approximate surface area is 493 Å². The van der Waals surface area contributed by atoms with E-state index in [-0.39, 0.29) is 58.9 Å². The SMILES string of the molecule is CCc1cccc2cc(O)cc(-c3ncc4c(N5CC6CCC(C5)N6)nc(OC)nc4c3F)c12.Cc1ncsc1-c1ccc(C(C)NC(=O)C2CCCN2C(=O)C(c2cc(OC3CCN(C(=O)OCC4CCCN4C)CC3)no2)C(C)C)cc1. The number of benzene rings is 3. The summed E-state index contributed by atoms with van der Waals surface area (Å²) >= 11 is 1.61. The Bertz CT molecular complexity index is 3490. The molecule has 0 spiro atoms. The van der Waals surface area contributed by atoms with E-state index in [0.717, 1.165) is 96.2 Å². The number of halogens is 1. The third kappa shape index (κ3) is 12.4. The third-order valence-electron chi connectivity index (χ3n) is 17.4. The average Bonchev–Trinajstić information content (AvgIpc) is 3.40. The standard InChI is InChI=1S/C37H50N6O6S.C26H26FN5O2/c1-23(2)33(31-20-32(40-49-31)48-29-14-18-42(19-15-29)37(46)47-21-28-8-6-16-41(28)5)36(45)43-17-7-9-30(43)35(44)39-24(3)26-10-12-27(13-11-26)34-25(4)38-22-50-34;1-3-14-5-4-6-15-9-18(33)10-19(21(14)15)23-22(27)24-20(11-28-23)25(31-26(30-24)34-2)32-12-16-7-8-17(13-32)29-16/h10-13,20,22-24,28-30,33H,6-9,14-19,21H2,1-5H3,(H,39,44);4-6,9-11,16-17,29,33H,3,7-8,12-13H2,1-2H3. The van der Waals surface area contributed by atoms with Crippen LogP contribution in [0.25, 0.3) is 43.4 Å². The van der Waals surface area contributed by atoms with Gasteiger partial charge in [-0.3, -0.25) is 14.6 Å². The molecule has 5 aliphatic heterocycles. The number of nitrogens with one attached hydrogen (secondary N) is 2. The van der Waals surface area contributed by atoms with Crippen molar-refractivity contribution in [1.82, 2.24) is 50.4 Å². The zero-order chi connectivity index (χ0) is 58.8. The number of rotatable bonds is 15. The number of anilines is 1. The van der Waals surface area contributed by atoms with Crippen LogP contribution >= 0.6 is 11.3 Å². The lowest BCUT2D eigenvalue weighted by molar-refractivity contribution is -0.141. The summed E-state index contributed by atoms with van der Waals surface area (Å²) in [6.07, 6.45) is 9.11. The number of likely N-dealkylation sites (tertiary alicyclic amines) is 3. The van der Waals surface area contributed by atoms with E-state index in [4.69, 9.17) is 18.7 Å². The van der Waals surface area contributed by atoms with E-state index < -0.39 is 17.8 Å². The lowest BCUT2D eigenvalue weighted by Gasteiger charge is -2.34. The number of aromatic hydroxyl groups is 1. The molecule has 5 saturated heterocycles. The normalized spacial score (nSPS) is 20.8. The van der Waals surface area contributed by atoms with Crippen LogP contribution in [-0.4, -0.2) is 153 Å². The van der Waals surface area contributed by atoms with Crippen molar-refractivity contribution in [1.29, 1.82) is 0 Å². The second kappa shape index (κ2) is 25.4. The van der Waals surface area contributed by atoms with Gasteiger partial charge in [-0.1, -0.05) is 63.2 Å². The van der Waals surface area contributed by atoms with Crippen molar-refractivity contribution in [3.8, 4) is 39.3 Å². The number of pyridine rings is 1. The Hall–Kier alpha value is -7.49. The molecule has 6 atom stereocenters. The van der Waals surface area contributed by atoms with Crippen LogP contribution in [0.2, 0.25) is 0 Å². The monoisotopic (exact) mass is 1170 g/mol. The topological polar surface area (TPSA) is 214 Å². The number of hydrogen-bond donors (Lipinski definition) is 3. The number of aromatic nitrogens is 5. The summed E-state index contributed by atoms with van der Waals surface area (Å²) in [7, 11) is 3.56. The van der Waals surface area contributed by atoms with Gasteiger partial charge in [-0.2, -0.15) is 9.97 Å². The predicted molar refractivity (Wildman–Crippen MR) is 320 cm³/mol. The molecule has 4 aromatic heterocycles. The molecule has 2 bridgehead atoms. The smallest absolute Gasteiger partial charge is 0.409 e. The maximum atomic E-state index is 16.2. The summed E-state index contributed by atoms with van der Waals surface area (Å²) in [5.41, 5.74) is 6.88. The van der Waals surface area contributed by atoms with Crippen LogP contribution < -0.4 is 25.0 Å². The van der Waals surface area contributed by atoms with E-state index in [1.165, 1.54) is 7.11 Å². The number of fused-ring (bicyclic) bond motifs is 4. The highest BCUT2D eigenvalue weighted by Gasteiger charge is 2.41. The highest BCUT2D eigenvalue weighted by molar-refractivity contribution is 7.13. The van der Waals surface area contributed by atoms with E-state index in [1.54, 1.807) is 45.5 Å². The van der Waals surface area contributed by atoms with Gasteiger partial charge in [0, 0.05) is 81.5 Å². The zero-order valence-corrected chi connectivity index (χ0v) is 49.8. The van der Waals surface area contributed by atoms with Crippen LogP contribution in [0, 0.1) is 18.7 Å². The molecule has 0 aliphatic carbocycles. The number of likely N-dealkylation sites (N-methyl/N-ethyl adjacent to an activating group) is 1. The number of hydrogen-bond acceptors (Lipinski definition) is 17. The molecule has 19 nitrogen and oxygen atoms in total. The molecule has 7 aromatic rings. The Kier molecular flexibility index (Phi) is 17.6. The van der Waals surface area contributed by atoms with E-state index >= 15 is 4.39 Å². The lowest BCUT2D eigenvalue weighted by atomic mass is 9.91. The van der Waals surface area contributed by atoms with Crippen molar-refractivity contribution in [3.63, 3.8) is 0 Å².